The Morgan fingerprint density at radius 2 is 1.90 bits per heavy atom. The molecule has 3 aromatic rings. The van der Waals surface area contributed by atoms with E-state index in [0.717, 1.165) is 27.9 Å². The molecule has 0 bridgehead atoms. The van der Waals surface area contributed by atoms with Crippen LogP contribution in [-0.2, 0) is 11.2 Å². The van der Waals surface area contributed by atoms with Crippen LogP contribution < -0.4 is 10.1 Å². The average molecular weight is 431 g/mol. The Kier molecular flexibility index (Phi) is 6.87. The van der Waals surface area contributed by atoms with Crippen LogP contribution in [0.25, 0.3) is 10.9 Å². The number of fused-ring (bicyclic) bond motifs is 1. The molecule has 0 radical (unpaired) electrons. The summed E-state index contributed by atoms with van der Waals surface area (Å²) in [4.78, 5) is 25.7. The van der Waals surface area contributed by atoms with Crippen molar-refractivity contribution in [2.75, 3.05) is 25.7 Å². The third-order valence-electron chi connectivity index (χ3n) is 4.80. The highest BCUT2D eigenvalue weighted by Crippen LogP contribution is 2.30. The first-order valence-corrected chi connectivity index (χ1v) is 11.0. The summed E-state index contributed by atoms with van der Waals surface area (Å²) in [5.41, 5.74) is 2.84. The highest BCUT2D eigenvalue weighted by atomic mass is 35.5. The first-order chi connectivity index (χ1) is 14.0. The van der Waals surface area contributed by atoms with Gasteiger partial charge in [-0.25, -0.2) is 0 Å². The summed E-state index contributed by atoms with van der Waals surface area (Å²) < 4.78 is 7.01. The van der Waals surface area contributed by atoms with Crippen molar-refractivity contribution >= 4 is 46.1 Å². The van der Waals surface area contributed by atoms with Crippen LogP contribution in [0.4, 0.5) is 0 Å². The van der Waals surface area contributed by atoms with Crippen molar-refractivity contribution in [2.45, 2.75) is 13.3 Å². The molecule has 0 fully saturated rings. The second-order valence-electron chi connectivity index (χ2n) is 6.61. The quantitative estimate of drug-likeness (QED) is 0.567. The van der Waals surface area contributed by atoms with Gasteiger partial charge in [0.2, 0.25) is 5.91 Å². The zero-order valence-electron chi connectivity index (χ0n) is 16.6. The zero-order valence-corrected chi connectivity index (χ0v) is 18.2. The van der Waals surface area contributed by atoms with Gasteiger partial charge in [-0.3, -0.25) is 14.2 Å². The number of methoxy groups -OCH3 is 1. The van der Waals surface area contributed by atoms with E-state index in [4.69, 9.17) is 16.3 Å². The van der Waals surface area contributed by atoms with E-state index < -0.39 is 0 Å². The number of aromatic nitrogens is 1. The molecule has 0 aliphatic heterocycles. The van der Waals surface area contributed by atoms with Gasteiger partial charge in [-0.2, -0.15) is 11.8 Å². The molecule has 0 spiro atoms. The van der Waals surface area contributed by atoms with Crippen LogP contribution >= 0.6 is 23.4 Å². The lowest BCUT2D eigenvalue weighted by Crippen LogP contribution is -2.27. The second kappa shape index (κ2) is 9.37. The minimum Gasteiger partial charge on any atom is -0.497 e. The van der Waals surface area contributed by atoms with E-state index in [1.807, 2.05) is 31.4 Å². The Balaban J connectivity index is 2.06. The summed E-state index contributed by atoms with van der Waals surface area (Å²) in [6, 6.07) is 12.3. The lowest BCUT2D eigenvalue weighted by molar-refractivity contribution is -0.120. The summed E-state index contributed by atoms with van der Waals surface area (Å²) in [5.74, 6) is 1.30. The van der Waals surface area contributed by atoms with Gasteiger partial charge >= 0.3 is 0 Å². The lowest BCUT2D eigenvalue weighted by atomic mass is 10.1. The van der Waals surface area contributed by atoms with Crippen molar-refractivity contribution < 1.29 is 14.3 Å². The molecule has 3 rings (SSSR count). The van der Waals surface area contributed by atoms with Gasteiger partial charge in [0.05, 0.1) is 19.0 Å². The molecular formula is C22H23ClN2O3S. The smallest absolute Gasteiger partial charge is 0.262 e. The number of halogens is 1. The molecule has 29 heavy (non-hydrogen) atoms. The van der Waals surface area contributed by atoms with E-state index >= 15 is 0 Å². The van der Waals surface area contributed by atoms with E-state index in [-0.39, 0.29) is 18.2 Å². The largest absolute Gasteiger partial charge is 0.497 e. The molecule has 2 aromatic carbocycles. The topological polar surface area (TPSA) is 60.3 Å². The molecule has 5 nitrogen and oxygen atoms in total. The maximum atomic E-state index is 13.2. The van der Waals surface area contributed by atoms with Crippen LogP contribution in [0.1, 0.15) is 21.6 Å². The second-order valence-corrected chi connectivity index (χ2v) is 8.04. The summed E-state index contributed by atoms with van der Waals surface area (Å²) in [6.07, 6.45) is 2.20. The van der Waals surface area contributed by atoms with Gasteiger partial charge in [0, 0.05) is 34.0 Å². The van der Waals surface area contributed by atoms with Crippen LogP contribution in [0, 0.1) is 6.92 Å². The van der Waals surface area contributed by atoms with Gasteiger partial charge < -0.3 is 10.1 Å². The number of amides is 1. The zero-order chi connectivity index (χ0) is 21.0. The average Bonchev–Trinajstić information content (AvgIpc) is 2.99. The van der Waals surface area contributed by atoms with Crippen LogP contribution in [0.3, 0.4) is 0 Å². The van der Waals surface area contributed by atoms with Crippen molar-refractivity contribution in [3.63, 3.8) is 0 Å². The summed E-state index contributed by atoms with van der Waals surface area (Å²) in [5, 5.41) is 4.34. The molecule has 0 unspecified atom stereocenters. The molecule has 1 aromatic heterocycles. The van der Waals surface area contributed by atoms with E-state index in [9.17, 15) is 9.59 Å². The number of hydrogen-bond acceptors (Lipinski definition) is 4. The Bertz CT molecular complexity index is 1040. The predicted molar refractivity (Wildman–Crippen MR) is 120 cm³/mol. The van der Waals surface area contributed by atoms with E-state index in [2.05, 4.69) is 5.32 Å². The van der Waals surface area contributed by atoms with Gasteiger partial charge in [0.25, 0.3) is 5.91 Å². The van der Waals surface area contributed by atoms with Gasteiger partial charge in [0.15, 0.2) is 0 Å². The van der Waals surface area contributed by atoms with Crippen LogP contribution in [-0.4, -0.2) is 42.0 Å². The minimum atomic E-state index is -0.164. The van der Waals surface area contributed by atoms with E-state index in [1.165, 1.54) is 0 Å². The number of rotatable bonds is 7. The van der Waals surface area contributed by atoms with Crippen molar-refractivity contribution in [1.82, 2.24) is 9.88 Å². The van der Waals surface area contributed by atoms with Gasteiger partial charge in [0.1, 0.15) is 5.75 Å². The van der Waals surface area contributed by atoms with Crippen LogP contribution in [0.15, 0.2) is 42.5 Å². The lowest BCUT2D eigenvalue weighted by Gasteiger charge is -2.08. The molecule has 152 valence electrons. The highest BCUT2D eigenvalue weighted by Gasteiger charge is 2.22. The highest BCUT2D eigenvalue weighted by molar-refractivity contribution is 7.98. The molecule has 0 saturated heterocycles. The number of carbonyl (C=O) groups excluding carboxylic acids is 2. The molecule has 1 N–H and O–H groups in total. The molecule has 7 heteroatoms. The van der Waals surface area contributed by atoms with Crippen molar-refractivity contribution in [3.8, 4) is 5.75 Å². The number of carbonyl (C=O) groups is 2. The third-order valence-corrected chi connectivity index (χ3v) is 5.67. The Morgan fingerprint density at radius 3 is 2.55 bits per heavy atom. The monoisotopic (exact) mass is 430 g/mol. The van der Waals surface area contributed by atoms with Crippen molar-refractivity contribution in [1.29, 1.82) is 0 Å². The number of hydrogen-bond donors (Lipinski definition) is 1. The molecule has 0 atom stereocenters. The Labute approximate surface area is 179 Å². The predicted octanol–water partition coefficient (Wildman–Crippen LogP) is 4.32. The number of benzene rings is 2. The third kappa shape index (κ3) is 4.60. The normalized spacial score (nSPS) is 10.9. The van der Waals surface area contributed by atoms with Crippen molar-refractivity contribution in [3.05, 3.63) is 64.3 Å². The molecular weight excluding hydrogens is 408 g/mol. The van der Waals surface area contributed by atoms with Crippen molar-refractivity contribution in [2.24, 2.45) is 0 Å². The first kappa shape index (κ1) is 21.3. The Hall–Kier alpha value is -2.44. The van der Waals surface area contributed by atoms with E-state index in [1.54, 1.807) is 47.7 Å². The molecule has 0 aliphatic carbocycles. The maximum absolute atomic E-state index is 13.2. The number of thioether (sulfide) groups is 1. The SMILES string of the molecule is COc1ccc2c(c1)c(CC(=O)NCCSC)c(C)n2C(=O)c1ccc(Cl)cc1. The van der Waals surface area contributed by atoms with Crippen LogP contribution in [0.2, 0.25) is 5.02 Å². The maximum Gasteiger partial charge on any atom is 0.262 e. The number of nitrogens with zero attached hydrogens (tertiary/aromatic N) is 1. The summed E-state index contributed by atoms with van der Waals surface area (Å²) in [7, 11) is 1.60. The minimum absolute atomic E-state index is 0.0667. The number of nitrogens with one attached hydrogen (secondary N) is 1. The fourth-order valence-corrected chi connectivity index (χ4v) is 3.74. The fourth-order valence-electron chi connectivity index (χ4n) is 3.31. The fraction of sp³-hybridized carbons (Fsp3) is 0.273. The van der Waals surface area contributed by atoms with Gasteiger partial charge in [-0.1, -0.05) is 11.6 Å². The van der Waals surface area contributed by atoms with Gasteiger partial charge in [-0.05, 0) is 61.2 Å². The molecule has 0 saturated carbocycles. The molecule has 0 aliphatic rings. The van der Waals surface area contributed by atoms with E-state index in [0.29, 0.717) is 22.9 Å². The summed E-state index contributed by atoms with van der Waals surface area (Å²) >= 11 is 7.64. The molecule has 1 heterocycles. The number of ether oxygens (including phenoxy) is 1. The standard InChI is InChI=1S/C22H23ClN2O3S/c1-14-18(13-21(26)24-10-11-29-3)19-12-17(28-2)8-9-20(19)25(14)22(27)15-4-6-16(23)7-5-15/h4-9,12H,10-11,13H2,1-3H3,(H,24,26). The van der Waals surface area contributed by atoms with Gasteiger partial charge in [-0.15, -0.1) is 0 Å². The summed E-state index contributed by atoms with van der Waals surface area (Å²) in [6.45, 7) is 2.48. The van der Waals surface area contributed by atoms with Crippen LogP contribution in [0.5, 0.6) is 5.75 Å². The molecule has 1 amide bonds. The first-order valence-electron chi connectivity index (χ1n) is 9.20. The Morgan fingerprint density at radius 1 is 1.17 bits per heavy atom.